The van der Waals surface area contributed by atoms with Gasteiger partial charge in [0, 0.05) is 12.6 Å². The fraction of sp³-hybridized carbons (Fsp3) is 0.375. The fourth-order valence-corrected chi connectivity index (χ4v) is 3.01. The van der Waals surface area contributed by atoms with Crippen molar-refractivity contribution in [2.75, 3.05) is 6.54 Å². The highest BCUT2D eigenvalue weighted by Crippen LogP contribution is 2.25. The van der Waals surface area contributed by atoms with Gasteiger partial charge in [0.05, 0.1) is 6.10 Å². The van der Waals surface area contributed by atoms with Crippen LogP contribution in [-0.2, 0) is 10.0 Å². The third-order valence-electron chi connectivity index (χ3n) is 1.72. The van der Waals surface area contributed by atoms with E-state index < -0.39 is 27.9 Å². The van der Waals surface area contributed by atoms with Crippen molar-refractivity contribution < 1.29 is 27.8 Å². The Balaban J connectivity index is 3.03. The molecule has 1 heterocycles. The first-order valence-corrected chi connectivity index (χ1v) is 6.72. The molecule has 0 amide bonds. The molecular weight excluding hydrogens is 318 g/mol. The van der Waals surface area contributed by atoms with Crippen molar-refractivity contribution in [2.24, 2.45) is 0 Å². The molecule has 1 aromatic heterocycles. The summed E-state index contributed by atoms with van der Waals surface area (Å²) < 4.78 is 30.0. The molecule has 9 heteroatoms. The first-order chi connectivity index (χ1) is 7.74. The van der Waals surface area contributed by atoms with Gasteiger partial charge < -0.3 is 14.6 Å². The van der Waals surface area contributed by atoms with E-state index in [9.17, 15) is 13.2 Å². The summed E-state index contributed by atoms with van der Waals surface area (Å²) >= 11 is 2.82. The number of sulfonamides is 1. The molecule has 3 N–H and O–H groups in total. The number of hydrogen-bond acceptors (Lipinski definition) is 5. The lowest BCUT2D eigenvalue weighted by molar-refractivity contribution is 0.0661. The Labute approximate surface area is 106 Å². The molecule has 0 bridgehead atoms. The summed E-state index contributed by atoms with van der Waals surface area (Å²) in [6.45, 7) is 1.23. The smallest absolute Gasteiger partial charge is 0.371 e. The third-order valence-corrected chi connectivity index (χ3v) is 4.01. The second kappa shape index (κ2) is 5.17. The van der Waals surface area contributed by atoms with Crippen molar-refractivity contribution in [3.8, 4) is 0 Å². The van der Waals surface area contributed by atoms with Crippen LogP contribution in [0, 0.1) is 0 Å². The van der Waals surface area contributed by atoms with Gasteiger partial charge >= 0.3 is 5.97 Å². The zero-order valence-electron chi connectivity index (χ0n) is 8.68. The molecule has 1 atom stereocenters. The predicted molar refractivity (Wildman–Crippen MR) is 60.2 cm³/mol. The number of rotatable bonds is 5. The van der Waals surface area contributed by atoms with Crippen LogP contribution in [-0.4, -0.2) is 37.2 Å². The van der Waals surface area contributed by atoms with E-state index in [0.29, 0.717) is 0 Å². The summed E-state index contributed by atoms with van der Waals surface area (Å²) in [6.07, 6.45) is -0.852. The van der Waals surface area contributed by atoms with Crippen LogP contribution >= 0.6 is 15.9 Å². The molecule has 7 nitrogen and oxygen atoms in total. The van der Waals surface area contributed by atoms with Gasteiger partial charge in [0.25, 0.3) is 0 Å². The van der Waals surface area contributed by atoms with Gasteiger partial charge in [-0.05, 0) is 22.9 Å². The minimum atomic E-state index is -3.91. The molecule has 0 aliphatic rings. The third kappa shape index (κ3) is 3.53. The summed E-state index contributed by atoms with van der Waals surface area (Å²) in [5, 5.41) is 17.6. The van der Waals surface area contributed by atoms with E-state index in [1.54, 1.807) is 0 Å². The summed E-state index contributed by atoms with van der Waals surface area (Å²) in [7, 11) is -3.91. The van der Waals surface area contributed by atoms with Crippen molar-refractivity contribution in [2.45, 2.75) is 17.9 Å². The first kappa shape index (κ1) is 14.2. The highest BCUT2D eigenvalue weighted by molar-refractivity contribution is 9.10. The van der Waals surface area contributed by atoms with E-state index in [2.05, 4.69) is 20.7 Å². The number of aromatic carboxylic acids is 1. The summed E-state index contributed by atoms with van der Waals surface area (Å²) in [6, 6.07) is 0.886. The maximum Gasteiger partial charge on any atom is 0.371 e. The minimum absolute atomic E-state index is 0.178. The van der Waals surface area contributed by atoms with E-state index in [-0.39, 0.29) is 16.1 Å². The lowest BCUT2D eigenvalue weighted by atomic mass is 10.4. The van der Waals surface area contributed by atoms with E-state index in [1.165, 1.54) is 6.92 Å². The van der Waals surface area contributed by atoms with E-state index in [0.717, 1.165) is 6.07 Å². The van der Waals surface area contributed by atoms with Gasteiger partial charge in [-0.1, -0.05) is 0 Å². The van der Waals surface area contributed by atoms with Crippen LogP contribution in [0.3, 0.4) is 0 Å². The summed E-state index contributed by atoms with van der Waals surface area (Å²) in [4.78, 5) is 10.3. The first-order valence-electron chi connectivity index (χ1n) is 4.44. The number of halogens is 1. The number of nitrogens with one attached hydrogen (secondary N) is 1. The molecule has 0 aliphatic heterocycles. The summed E-state index contributed by atoms with van der Waals surface area (Å²) in [5.74, 6) is -1.86. The number of aliphatic hydroxyl groups is 1. The molecule has 0 aromatic carbocycles. The quantitative estimate of drug-likeness (QED) is 0.720. The zero-order chi connectivity index (χ0) is 13.2. The number of aliphatic hydroxyl groups excluding tert-OH is 1. The Kier molecular flexibility index (Phi) is 4.31. The van der Waals surface area contributed by atoms with Gasteiger partial charge in [-0.3, -0.25) is 0 Å². The van der Waals surface area contributed by atoms with Gasteiger partial charge in [-0.15, -0.1) is 0 Å². The monoisotopic (exact) mass is 327 g/mol. The van der Waals surface area contributed by atoms with E-state index in [4.69, 9.17) is 14.6 Å². The average Bonchev–Trinajstić information content (AvgIpc) is 2.58. The number of carbonyl (C=O) groups is 1. The zero-order valence-corrected chi connectivity index (χ0v) is 11.1. The van der Waals surface area contributed by atoms with E-state index >= 15 is 0 Å². The molecule has 17 heavy (non-hydrogen) atoms. The Hall–Kier alpha value is -0.900. The van der Waals surface area contributed by atoms with Crippen LogP contribution in [0.1, 0.15) is 17.5 Å². The fourth-order valence-electron chi connectivity index (χ4n) is 0.949. The van der Waals surface area contributed by atoms with Crippen molar-refractivity contribution in [1.82, 2.24) is 4.72 Å². The van der Waals surface area contributed by atoms with Crippen molar-refractivity contribution >= 4 is 31.9 Å². The molecule has 0 radical (unpaired) electrons. The van der Waals surface area contributed by atoms with Crippen LogP contribution in [0.2, 0.25) is 0 Å². The molecule has 0 fully saturated rings. The lowest BCUT2D eigenvalue weighted by Gasteiger charge is -2.06. The van der Waals surface area contributed by atoms with Gasteiger partial charge in [0.1, 0.15) is 4.90 Å². The van der Waals surface area contributed by atoms with Crippen LogP contribution in [0.25, 0.3) is 0 Å². The van der Waals surface area contributed by atoms with Crippen LogP contribution in [0.15, 0.2) is 20.0 Å². The van der Waals surface area contributed by atoms with Crippen molar-refractivity contribution in [3.05, 3.63) is 16.5 Å². The SMILES string of the molecule is C[C@H](O)CNS(=O)(=O)c1cc(C(=O)O)oc1Br. The predicted octanol–water partition coefficient (Wildman–Crippen LogP) is 0.399. The second-order valence-corrected chi connectivity index (χ2v) is 5.71. The van der Waals surface area contributed by atoms with Gasteiger partial charge in [-0.2, -0.15) is 0 Å². The standard InChI is InChI=1S/C8H10BrNO6S/c1-4(11)3-10-17(14,15)6-2-5(8(12)13)16-7(6)9/h2,4,10-11H,3H2,1H3,(H,12,13)/t4-/m0/s1. The molecule has 0 aliphatic carbocycles. The second-order valence-electron chi connectivity index (χ2n) is 3.25. The Bertz CT molecular complexity index is 520. The van der Waals surface area contributed by atoms with Crippen LogP contribution in [0.5, 0.6) is 0 Å². The molecule has 1 rings (SSSR count). The topological polar surface area (TPSA) is 117 Å². The van der Waals surface area contributed by atoms with Crippen molar-refractivity contribution in [3.63, 3.8) is 0 Å². The molecular formula is C8H10BrNO6S. The minimum Gasteiger partial charge on any atom is -0.475 e. The highest BCUT2D eigenvalue weighted by Gasteiger charge is 2.24. The van der Waals surface area contributed by atoms with Gasteiger partial charge in [0.2, 0.25) is 15.8 Å². The molecule has 0 unspecified atom stereocenters. The molecule has 0 saturated heterocycles. The largest absolute Gasteiger partial charge is 0.475 e. The Morgan fingerprint density at radius 1 is 1.65 bits per heavy atom. The average molecular weight is 328 g/mol. The number of furan rings is 1. The lowest BCUT2D eigenvalue weighted by Crippen LogP contribution is -2.30. The number of carboxylic acid groups (broad SMARTS) is 1. The Morgan fingerprint density at radius 2 is 2.24 bits per heavy atom. The van der Waals surface area contributed by atoms with Gasteiger partial charge in [0.15, 0.2) is 4.67 Å². The molecule has 0 saturated carbocycles. The van der Waals surface area contributed by atoms with Gasteiger partial charge in [-0.25, -0.2) is 17.9 Å². The highest BCUT2D eigenvalue weighted by atomic mass is 79.9. The Morgan fingerprint density at radius 3 is 2.65 bits per heavy atom. The van der Waals surface area contributed by atoms with E-state index in [1.807, 2.05) is 0 Å². The van der Waals surface area contributed by atoms with Crippen molar-refractivity contribution in [1.29, 1.82) is 0 Å². The summed E-state index contributed by atoms with van der Waals surface area (Å²) in [5.41, 5.74) is 0. The number of hydrogen-bond donors (Lipinski definition) is 3. The maximum atomic E-state index is 11.7. The molecule has 1 aromatic rings. The number of carboxylic acids is 1. The maximum absolute atomic E-state index is 11.7. The molecule has 96 valence electrons. The molecule has 0 spiro atoms. The van der Waals surface area contributed by atoms with Crippen LogP contribution < -0.4 is 4.72 Å². The normalized spacial score (nSPS) is 13.6. The van der Waals surface area contributed by atoms with Crippen LogP contribution in [0.4, 0.5) is 0 Å².